The van der Waals surface area contributed by atoms with Crippen LogP contribution in [-0.4, -0.2) is 55.1 Å². The highest BCUT2D eigenvalue weighted by atomic mass is 15.3. The molecule has 0 amide bonds. The molecule has 110 valence electrons. The Morgan fingerprint density at radius 2 is 2.10 bits per heavy atom. The Balaban J connectivity index is 1.65. The molecule has 0 spiro atoms. The molecule has 3 nitrogen and oxygen atoms in total. The van der Waals surface area contributed by atoms with Crippen molar-refractivity contribution in [3.05, 3.63) is 35.4 Å². The van der Waals surface area contributed by atoms with Gasteiger partial charge in [-0.15, -0.1) is 0 Å². The zero-order valence-electron chi connectivity index (χ0n) is 12.8. The molecular formula is C17H27N3. The summed E-state index contributed by atoms with van der Waals surface area (Å²) in [5, 5.41) is 3.57. The predicted molar refractivity (Wildman–Crippen MR) is 84.0 cm³/mol. The highest BCUT2D eigenvalue weighted by molar-refractivity contribution is 5.32. The number of likely N-dealkylation sites (N-methyl/N-ethyl adjacent to an activating group) is 1. The number of nitrogens with zero attached hydrogens (tertiary/aromatic N) is 2. The van der Waals surface area contributed by atoms with Gasteiger partial charge in [0.15, 0.2) is 0 Å². The fourth-order valence-corrected chi connectivity index (χ4v) is 3.77. The molecule has 1 aromatic rings. The van der Waals surface area contributed by atoms with E-state index in [4.69, 9.17) is 0 Å². The third-order valence-electron chi connectivity index (χ3n) is 4.94. The highest BCUT2D eigenvalue weighted by Crippen LogP contribution is 2.25. The lowest BCUT2D eigenvalue weighted by Gasteiger charge is -2.41. The lowest BCUT2D eigenvalue weighted by atomic mass is 9.90. The molecule has 0 saturated carbocycles. The van der Waals surface area contributed by atoms with Crippen molar-refractivity contribution in [1.29, 1.82) is 0 Å². The summed E-state index contributed by atoms with van der Waals surface area (Å²) in [5.74, 6) is 0.653. The van der Waals surface area contributed by atoms with Gasteiger partial charge in [0.1, 0.15) is 0 Å². The highest BCUT2D eigenvalue weighted by Gasteiger charge is 2.26. The molecule has 3 rings (SSSR count). The maximum Gasteiger partial charge on any atom is 0.0208 e. The number of hydrogen-bond acceptors (Lipinski definition) is 3. The van der Waals surface area contributed by atoms with Crippen molar-refractivity contribution < 1.29 is 0 Å². The summed E-state index contributed by atoms with van der Waals surface area (Å²) in [6.45, 7) is 12.8. The normalized spacial score (nSPS) is 28.3. The predicted octanol–water partition coefficient (Wildman–Crippen LogP) is 1.90. The van der Waals surface area contributed by atoms with Crippen molar-refractivity contribution in [3.63, 3.8) is 0 Å². The van der Waals surface area contributed by atoms with Crippen LogP contribution in [0.5, 0.6) is 0 Å². The Morgan fingerprint density at radius 3 is 2.90 bits per heavy atom. The van der Waals surface area contributed by atoms with Crippen LogP contribution in [0.15, 0.2) is 24.3 Å². The molecule has 3 heteroatoms. The van der Waals surface area contributed by atoms with Crippen molar-refractivity contribution in [2.45, 2.75) is 32.4 Å². The minimum Gasteiger partial charge on any atom is -0.312 e. The van der Waals surface area contributed by atoms with Crippen molar-refractivity contribution in [2.24, 2.45) is 0 Å². The second-order valence-corrected chi connectivity index (χ2v) is 6.26. The molecule has 1 saturated heterocycles. The second kappa shape index (κ2) is 6.25. The third-order valence-corrected chi connectivity index (χ3v) is 4.94. The van der Waals surface area contributed by atoms with Gasteiger partial charge in [0.2, 0.25) is 0 Å². The number of nitrogens with one attached hydrogen (secondary N) is 1. The van der Waals surface area contributed by atoms with Crippen LogP contribution in [0.3, 0.4) is 0 Å². The zero-order valence-corrected chi connectivity index (χ0v) is 12.8. The summed E-state index contributed by atoms with van der Waals surface area (Å²) in [5.41, 5.74) is 3.06. The van der Waals surface area contributed by atoms with E-state index in [0.29, 0.717) is 12.0 Å². The van der Waals surface area contributed by atoms with Crippen LogP contribution in [0.1, 0.15) is 30.9 Å². The summed E-state index contributed by atoms with van der Waals surface area (Å²) >= 11 is 0. The standard InChI is InChI=1S/C17H27N3/c1-3-20-9-8-19(12-14(20)2)13-16-11-18-10-15-6-4-5-7-17(15)16/h4-7,14,16,18H,3,8-13H2,1-2H3. The van der Waals surface area contributed by atoms with Gasteiger partial charge in [-0.1, -0.05) is 31.2 Å². The average Bonchev–Trinajstić information content (AvgIpc) is 2.48. The molecule has 2 unspecified atom stereocenters. The average molecular weight is 273 g/mol. The quantitative estimate of drug-likeness (QED) is 0.907. The first-order chi connectivity index (χ1) is 9.78. The lowest BCUT2D eigenvalue weighted by molar-refractivity contribution is 0.0831. The van der Waals surface area contributed by atoms with E-state index in [-0.39, 0.29) is 0 Å². The molecule has 2 aliphatic rings. The van der Waals surface area contributed by atoms with Crippen molar-refractivity contribution in [3.8, 4) is 0 Å². The van der Waals surface area contributed by atoms with Gasteiger partial charge in [-0.05, 0) is 24.6 Å². The first-order valence-electron chi connectivity index (χ1n) is 8.03. The maximum atomic E-state index is 3.57. The Hall–Kier alpha value is -0.900. The number of hydrogen-bond donors (Lipinski definition) is 1. The van der Waals surface area contributed by atoms with Crippen LogP contribution >= 0.6 is 0 Å². The zero-order chi connectivity index (χ0) is 13.9. The lowest BCUT2D eigenvalue weighted by Crippen LogP contribution is -2.53. The van der Waals surface area contributed by atoms with Crippen LogP contribution in [0.4, 0.5) is 0 Å². The summed E-state index contributed by atoms with van der Waals surface area (Å²) in [7, 11) is 0. The van der Waals surface area contributed by atoms with E-state index in [0.717, 1.165) is 13.1 Å². The summed E-state index contributed by atoms with van der Waals surface area (Å²) in [6.07, 6.45) is 0. The first-order valence-corrected chi connectivity index (χ1v) is 8.03. The van der Waals surface area contributed by atoms with E-state index in [1.54, 1.807) is 5.56 Å². The van der Waals surface area contributed by atoms with E-state index in [1.165, 1.54) is 38.3 Å². The number of fused-ring (bicyclic) bond motifs is 1. The van der Waals surface area contributed by atoms with E-state index >= 15 is 0 Å². The monoisotopic (exact) mass is 273 g/mol. The minimum atomic E-state index is 0.653. The van der Waals surface area contributed by atoms with Gasteiger partial charge in [-0.3, -0.25) is 9.80 Å². The third kappa shape index (κ3) is 2.90. The molecule has 1 fully saturated rings. The van der Waals surface area contributed by atoms with Crippen LogP contribution in [-0.2, 0) is 6.54 Å². The summed E-state index contributed by atoms with van der Waals surface area (Å²) in [4.78, 5) is 5.24. The molecule has 1 aromatic carbocycles. The molecule has 0 radical (unpaired) electrons. The summed E-state index contributed by atoms with van der Waals surface area (Å²) < 4.78 is 0. The fourth-order valence-electron chi connectivity index (χ4n) is 3.77. The Bertz CT molecular complexity index is 446. The molecule has 2 atom stereocenters. The molecule has 0 aliphatic carbocycles. The molecule has 0 bridgehead atoms. The first kappa shape index (κ1) is 14.1. The van der Waals surface area contributed by atoms with Crippen LogP contribution in [0.2, 0.25) is 0 Å². The number of piperazine rings is 1. The van der Waals surface area contributed by atoms with Gasteiger partial charge < -0.3 is 5.32 Å². The van der Waals surface area contributed by atoms with E-state index in [9.17, 15) is 0 Å². The molecule has 0 aromatic heterocycles. The van der Waals surface area contributed by atoms with Gasteiger partial charge in [-0.2, -0.15) is 0 Å². The smallest absolute Gasteiger partial charge is 0.0208 e. The molecule has 2 aliphatic heterocycles. The SMILES string of the molecule is CCN1CCN(CC2CNCc3ccccc32)CC1C. The topological polar surface area (TPSA) is 18.5 Å². The molecular weight excluding hydrogens is 246 g/mol. The largest absolute Gasteiger partial charge is 0.312 e. The van der Waals surface area contributed by atoms with E-state index < -0.39 is 0 Å². The maximum absolute atomic E-state index is 3.57. The van der Waals surface area contributed by atoms with E-state index in [1.807, 2.05) is 0 Å². The van der Waals surface area contributed by atoms with Crippen LogP contribution in [0, 0.1) is 0 Å². The second-order valence-electron chi connectivity index (χ2n) is 6.26. The Labute approximate surface area is 123 Å². The molecule has 1 N–H and O–H groups in total. The van der Waals surface area contributed by atoms with Gasteiger partial charge in [0.25, 0.3) is 0 Å². The van der Waals surface area contributed by atoms with Gasteiger partial charge >= 0.3 is 0 Å². The fraction of sp³-hybridized carbons (Fsp3) is 0.647. The van der Waals surface area contributed by atoms with Gasteiger partial charge in [0.05, 0.1) is 0 Å². The van der Waals surface area contributed by atoms with Crippen molar-refractivity contribution in [2.75, 3.05) is 39.3 Å². The number of rotatable bonds is 3. The van der Waals surface area contributed by atoms with Crippen molar-refractivity contribution in [1.82, 2.24) is 15.1 Å². The molecule has 20 heavy (non-hydrogen) atoms. The number of benzene rings is 1. The minimum absolute atomic E-state index is 0.653. The Kier molecular flexibility index (Phi) is 4.39. The van der Waals surface area contributed by atoms with Gasteiger partial charge in [-0.25, -0.2) is 0 Å². The van der Waals surface area contributed by atoms with Gasteiger partial charge in [0, 0.05) is 51.2 Å². The van der Waals surface area contributed by atoms with Crippen LogP contribution < -0.4 is 5.32 Å². The van der Waals surface area contributed by atoms with E-state index in [2.05, 4.69) is 53.2 Å². The summed E-state index contributed by atoms with van der Waals surface area (Å²) in [6, 6.07) is 9.64. The van der Waals surface area contributed by atoms with Crippen LogP contribution in [0.25, 0.3) is 0 Å². The van der Waals surface area contributed by atoms with Crippen molar-refractivity contribution >= 4 is 0 Å². The Morgan fingerprint density at radius 1 is 1.25 bits per heavy atom. The molecule has 2 heterocycles.